The van der Waals surface area contributed by atoms with Gasteiger partial charge in [0.1, 0.15) is 11.4 Å². The van der Waals surface area contributed by atoms with Gasteiger partial charge in [-0.15, -0.1) is 0 Å². The Bertz CT molecular complexity index is 2490. The van der Waals surface area contributed by atoms with E-state index in [0.717, 1.165) is 81.2 Å². The Kier molecular flexibility index (Phi) is 11.6. The molecule has 12 heteroatoms. The maximum atomic E-state index is 12.3. The Hall–Kier alpha value is -5.27. The molecule has 6 aromatic rings. The van der Waals surface area contributed by atoms with Gasteiger partial charge in [0.05, 0.1) is 29.1 Å². The highest BCUT2D eigenvalue weighted by atomic mass is 32.2. The number of nitrogens with one attached hydrogen (secondary N) is 2. The molecule has 7 rings (SSSR count). The highest BCUT2D eigenvalue weighted by Gasteiger charge is 2.25. The lowest BCUT2D eigenvalue weighted by atomic mass is 9.85. The van der Waals surface area contributed by atoms with Crippen LogP contribution in [0.2, 0.25) is 0 Å². The lowest BCUT2D eigenvalue weighted by molar-refractivity contribution is 0.0342. The normalized spacial score (nSPS) is 14.0. The van der Waals surface area contributed by atoms with Crippen LogP contribution in [0.25, 0.3) is 44.1 Å². The van der Waals surface area contributed by atoms with Gasteiger partial charge in [-0.25, -0.2) is 22.3 Å². The molecule has 0 radical (unpaired) electrons. The van der Waals surface area contributed by atoms with Gasteiger partial charge in [-0.2, -0.15) is 0 Å². The highest BCUT2D eigenvalue weighted by molar-refractivity contribution is 7.89. The van der Waals surface area contributed by atoms with Crippen LogP contribution in [-0.2, 0) is 26.7 Å². The molecule has 4 N–H and O–H groups in total. The largest absolute Gasteiger partial charge is 0.477 e. The zero-order valence-electron chi connectivity index (χ0n) is 32.9. The lowest BCUT2D eigenvalue weighted by Crippen LogP contribution is -2.35. The van der Waals surface area contributed by atoms with Crippen LogP contribution in [0.4, 0.5) is 0 Å². The van der Waals surface area contributed by atoms with Gasteiger partial charge in [-0.3, -0.25) is 4.90 Å². The van der Waals surface area contributed by atoms with E-state index in [1.165, 1.54) is 31.8 Å². The van der Waals surface area contributed by atoms with Crippen LogP contribution in [0.3, 0.4) is 0 Å². The van der Waals surface area contributed by atoms with E-state index in [-0.39, 0.29) is 21.7 Å². The van der Waals surface area contributed by atoms with Crippen LogP contribution < -0.4 is 0 Å². The average molecular weight is 779 g/mol. The summed E-state index contributed by atoms with van der Waals surface area (Å²) in [5.74, 6) is -1.68. The number of sulfonamides is 1. The second-order valence-corrected chi connectivity index (χ2v) is 17.8. The summed E-state index contributed by atoms with van der Waals surface area (Å²) in [6.45, 7) is 14.8. The van der Waals surface area contributed by atoms with Crippen molar-refractivity contribution in [1.29, 1.82) is 0 Å². The molecule has 0 aliphatic carbocycles. The monoisotopic (exact) mass is 778 g/mol. The van der Waals surface area contributed by atoms with Gasteiger partial charge in [0.2, 0.25) is 10.0 Å². The van der Waals surface area contributed by atoms with Crippen molar-refractivity contribution in [3.8, 4) is 22.3 Å². The first-order chi connectivity index (χ1) is 26.5. The van der Waals surface area contributed by atoms with Crippen LogP contribution in [0, 0.1) is 0 Å². The van der Waals surface area contributed by atoms with Gasteiger partial charge in [0.15, 0.2) is 0 Å². The van der Waals surface area contributed by atoms with Crippen LogP contribution >= 0.6 is 0 Å². The molecule has 0 amide bonds. The number of para-hydroxylation sites is 2. The Balaban J connectivity index is 0.000000190. The quantitative estimate of drug-likeness (QED) is 0.114. The van der Waals surface area contributed by atoms with E-state index in [0.29, 0.717) is 17.0 Å². The minimum absolute atomic E-state index is 0.0925. The molecule has 2 aromatic heterocycles. The van der Waals surface area contributed by atoms with Gasteiger partial charge in [-0.05, 0) is 51.3 Å². The van der Waals surface area contributed by atoms with Gasteiger partial charge in [-0.1, -0.05) is 107 Å². The summed E-state index contributed by atoms with van der Waals surface area (Å²) >= 11 is 0. The van der Waals surface area contributed by atoms with Crippen molar-refractivity contribution in [3.05, 3.63) is 113 Å². The number of carboxylic acid groups (broad SMARTS) is 2. The number of rotatable bonds is 9. The molecule has 0 bridgehead atoms. The van der Waals surface area contributed by atoms with Crippen molar-refractivity contribution in [2.75, 3.05) is 40.4 Å². The molecular weight excluding hydrogens is 729 g/mol. The number of morpholine rings is 1. The van der Waals surface area contributed by atoms with Crippen molar-refractivity contribution in [3.63, 3.8) is 0 Å². The van der Waals surface area contributed by atoms with Crippen molar-refractivity contribution in [1.82, 2.24) is 19.2 Å². The second-order valence-electron chi connectivity index (χ2n) is 15.7. The van der Waals surface area contributed by atoms with E-state index in [2.05, 4.69) is 67.7 Å². The molecule has 294 valence electrons. The number of nitrogens with zero attached hydrogens (tertiary/aromatic N) is 2. The molecule has 0 saturated carbocycles. The summed E-state index contributed by atoms with van der Waals surface area (Å²) < 4.78 is 31.1. The number of hydrogen-bond donors (Lipinski definition) is 4. The number of ether oxygens (including phenoxy) is 1. The molecule has 1 aliphatic rings. The van der Waals surface area contributed by atoms with E-state index in [1.54, 1.807) is 12.1 Å². The second kappa shape index (κ2) is 16.1. The topological polar surface area (TPSA) is 156 Å². The van der Waals surface area contributed by atoms with Crippen molar-refractivity contribution in [2.24, 2.45) is 0 Å². The minimum Gasteiger partial charge on any atom is -0.477 e. The molecule has 1 fully saturated rings. The minimum atomic E-state index is -3.55. The fourth-order valence-corrected chi connectivity index (χ4v) is 8.18. The number of H-pyrrole nitrogens is 2. The van der Waals surface area contributed by atoms with Crippen molar-refractivity contribution in [2.45, 2.75) is 57.4 Å². The average Bonchev–Trinajstić information content (AvgIpc) is 3.75. The van der Waals surface area contributed by atoms with Crippen molar-refractivity contribution < 1.29 is 33.0 Å². The smallest absolute Gasteiger partial charge is 0.352 e. The van der Waals surface area contributed by atoms with Gasteiger partial charge >= 0.3 is 11.9 Å². The SMILES string of the molecule is CC(C)c1cccc2c(-c3ccc(CN4CCOCC4)cc3)c(C(=O)O)[nH]c12.CN(C)S(=O)(=O)c1ccc(-c2c(C(=O)O)[nH]c3c(C(C)(C)C)cccc23)cc1. The van der Waals surface area contributed by atoms with Gasteiger partial charge in [0, 0.05) is 55.6 Å². The number of aromatic nitrogens is 2. The van der Waals surface area contributed by atoms with Gasteiger partial charge < -0.3 is 24.9 Å². The number of carboxylic acids is 2. The number of benzene rings is 4. The third-order valence-electron chi connectivity index (χ3n) is 10.2. The predicted molar refractivity (Wildman–Crippen MR) is 221 cm³/mol. The highest BCUT2D eigenvalue weighted by Crippen LogP contribution is 2.39. The van der Waals surface area contributed by atoms with Crippen LogP contribution in [-0.4, -0.2) is 90.1 Å². The van der Waals surface area contributed by atoms with Crippen molar-refractivity contribution >= 4 is 43.8 Å². The van der Waals surface area contributed by atoms with E-state index >= 15 is 0 Å². The number of hydrogen-bond acceptors (Lipinski definition) is 6. The van der Waals surface area contributed by atoms with E-state index in [1.807, 2.05) is 42.5 Å². The zero-order chi connectivity index (χ0) is 40.5. The van der Waals surface area contributed by atoms with E-state index in [9.17, 15) is 28.2 Å². The first-order valence-corrected chi connectivity index (χ1v) is 20.1. The summed E-state index contributed by atoms with van der Waals surface area (Å²) in [6, 6.07) is 26.4. The summed E-state index contributed by atoms with van der Waals surface area (Å²) in [7, 11) is -0.605. The zero-order valence-corrected chi connectivity index (χ0v) is 33.8. The predicted octanol–water partition coefficient (Wildman–Crippen LogP) is 8.57. The number of fused-ring (bicyclic) bond motifs is 2. The summed E-state index contributed by atoms with van der Waals surface area (Å²) in [5.41, 5.74) is 8.16. The number of carbonyl (C=O) groups is 2. The van der Waals surface area contributed by atoms with Crippen LogP contribution in [0.5, 0.6) is 0 Å². The molecule has 56 heavy (non-hydrogen) atoms. The lowest BCUT2D eigenvalue weighted by Gasteiger charge is -2.26. The molecule has 4 aromatic carbocycles. The first kappa shape index (κ1) is 40.4. The molecular formula is C44H50N4O7S. The Morgan fingerprint density at radius 2 is 1.27 bits per heavy atom. The molecule has 0 unspecified atom stereocenters. The van der Waals surface area contributed by atoms with Crippen LogP contribution in [0.1, 0.15) is 78.2 Å². The third kappa shape index (κ3) is 8.15. The van der Waals surface area contributed by atoms with E-state index in [4.69, 9.17) is 4.74 Å². The summed E-state index contributed by atoms with van der Waals surface area (Å²) in [4.78, 5) is 32.6. The molecule has 3 heterocycles. The third-order valence-corrected chi connectivity index (χ3v) is 12.1. The Morgan fingerprint density at radius 3 is 1.77 bits per heavy atom. The van der Waals surface area contributed by atoms with Crippen LogP contribution in [0.15, 0.2) is 89.8 Å². The van der Waals surface area contributed by atoms with Gasteiger partial charge in [0.25, 0.3) is 0 Å². The first-order valence-electron chi connectivity index (χ1n) is 18.7. The Morgan fingerprint density at radius 1 is 0.768 bits per heavy atom. The maximum absolute atomic E-state index is 12.3. The number of aromatic carboxylic acids is 2. The fourth-order valence-electron chi connectivity index (χ4n) is 7.28. The van der Waals surface area contributed by atoms with E-state index < -0.39 is 22.0 Å². The molecule has 1 saturated heterocycles. The molecule has 0 atom stereocenters. The maximum Gasteiger partial charge on any atom is 0.352 e. The Labute approximate surface area is 328 Å². The summed E-state index contributed by atoms with van der Waals surface area (Å²) in [6.07, 6.45) is 0. The standard InChI is InChI=1S/C23H26N2O3.C21H24N2O4S/c1-15(2)18-4-3-5-19-20(22(23(26)27)24-21(18)19)17-8-6-16(7-9-17)14-25-10-12-28-13-11-25;1-21(2,3)16-8-6-7-15-17(19(20(24)25)22-18(15)16)13-9-11-14(12-10-13)28(26,27)23(4)5/h3-9,15,24H,10-14H2,1-2H3,(H,26,27);6-12,22H,1-5H3,(H,24,25). The summed E-state index contributed by atoms with van der Waals surface area (Å²) in [5, 5.41) is 21.3. The number of aromatic amines is 2. The molecule has 1 aliphatic heterocycles. The fraction of sp³-hybridized carbons (Fsp3) is 0.318. The molecule has 0 spiro atoms. The molecule has 11 nitrogen and oxygen atoms in total.